The number of aliphatic hydroxyl groups is 1. The Labute approximate surface area is 191 Å². The number of ether oxygens (including phenoxy) is 1. The third-order valence-electron chi connectivity index (χ3n) is 5.10. The van der Waals surface area contributed by atoms with Crippen LogP contribution in [-0.4, -0.2) is 22.2 Å². The van der Waals surface area contributed by atoms with Gasteiger partial charge in [0.25, 0.3) is 0 Å². The maximum atomic E-state index is 11.0. The Morgan fingerprint density at radius 2 is 1.52 bits per heavy atom. The van der Waals surface area contributed by atoms with Gasteiger partial charge in [0.1, 0.15) is 11.9 Å². The molecule has 7 nitrogen and oxygen atoms in total. The summed E-state index contributed by atoms with van der Waals surface area (Å²) >= 11 is 0. The fourth-order valence-electron chi connectivity index (χ4n) is 3.36. The standard InChI is InChI=1S/C26H19N5O2/c1-33-24-14-20(19-6-2-17(15-27)3-7-19)8-11-22(24)25(32)23-12-13-29-26(31-23)30-21-9-4-18(16-28)5-10-21/h2-14,25,32H,1H3,(H,29,30,31)/t25-/m0/s1. The molecular formula is C26H19N5O2. The van der Waals surface area contributed by atoms with Gasteiger partial charge in [0.05, 0.1) is 36.1 Å². The Hall–Kier alpha value is -4.72. The number of nitriles is 2. The molecule has 1 atom stereocenters. The zero-order chi connectivity index (χ0) is 23.2. The van der Waals surface area contributed by atoms with E-state index in [1.807, 2.05) is 24.3 Å². The largest absolute Gasteiger partial charge is 0.496 e. The minimum atomic E-state index is -1.03. The van der Waals surface area contributed by atoms with Gasteiger partial charge in [0, 0.05) is 17.4 Å². The summed E-state index contributed by atoms with van der Waals surface area (Å²) in [7, 11) is 1.55. The van der Waals surface area contributed by atoms with E-state index in [0.29, 0.717) is 34.1 Å². The molecule has 0 saturated heterocycles. The topological polar surface area (TPSA) is 115 Å². The van der Waals surface area contributed by atoms with E-state index in [2.05, 4.69) is 27.4 Å². The number of benzene rings is 3. The molecule has 1 aromatic heterocycles. The molecule has 3 aromatic carbocycles. The molecule has 1 heterocycles. The molecule has 0 aliphatic heterocycles. The SMILES string of the molecule is COc1cc(-c2ccc(C#N)cc2)ccc1[C@H](O)c1ccnc(Nc2ccc(C#N)cc2)n1. The van der Waals surface area contributed by atoms with Crippen molar-refractivity contribution in [2.45, 2.75) is 6.10 Å². The summed E-state index contributed by atoms with van der Waals surface area (Å²) in [5.41, 5.74) is 4.69. The molecule has 4 aromatic rings. The normalized spacial score (nSPS) is 11.2. The molecule has 2 N–H and O–H groups in total. The fraction of sp³-hybridized carbons (Fsp3) is 0.0769. The summed E-state index contributed by atoms with van der Waals surface area (Å²) in [6, 6.07) is 25.5. The zero-order valence-electron chi connectivity index (χ0n) is 17.7. The van der Waals surface area contributed by atoms with Crippen LogP contribution in [0.2, 0.25) is 0 Å². The molecule has 0 fully saturated rings. The molecule has 0 aliphatic carbocycles. The fourth-order valence-corrected chi connectivity index (χ4v) is 3.36. The molecule has 0 saturated carbocycles. The van der Waals surface area contributed by atoms with Crippen LogP contribution in [0, 0.1) is 22.7 Å². The molecule has 0 radical (unpaired) electrons. The highest BCUT2D eigenvalue weighted by atomic mass is 16.5. The number of nitrogens with zero attached hydrogens (tertiary/aromatic N) is 4. The Morgan fingerprint density at radius 3 is 2.15 bits per heavy atom. The number of hydrogen-bond acceptors (Lipinski definition) is 7. The summed E-state index contributed by atoms with van der Waals surface area (Å²) < 4.78 is 5.55. The van der Waals surface area contributed by atoms with Crippen LogP contribution < -0.4 is 10.1 Å². The lowest BCUT2D eigenvalue weighted by Crippen LogP contribution is -2.07. The molecule has 4 rings (SSSR count). The van der Waals surface area contributed by atoms with Gasteiger partial charge < -0.3 is 15.2 Å². The van der Waals surface area contributed by atoms with Gasteiger partial charge in [-0.1, -0.05) is 24.3 Å². The molecule has 160 valence electrons. The van der Waals surface area contributed by atoms with Gasteiger partial charge in [-0.2, -0.15) is 10.5 Å². The van der Waals surface area contributed by atoms with E-state index in [1.165, 1.54) is 0 Å². The molecule has 7 heteroatoms. The second-order valence-electron chi connectivity index (χ2n) is 7.17. The van der Waals surface area contributed by atoms with E-state index in [9.17, 15) is 5.11 Å². The molecule has 0 spiro atoms. The monoisotopic (exact) mass is 433 g/mol. The van der Waals surface area contributed by atoms with Crippen LogP contribution in [0.3, 0.4) is 0 Å². The Kier molecular flexibility index (Phi) is 6.26. The first-order chi connectivity index (χ1) is 16.1. The van der Waals surface area contributed by atoms with Crippen LogP contribution in [0.5, 0.6) is 5.75 Å². The van der Waals surface area contributed by atoms with Crippen LogP contribution in [0.1, 0.15) is 28.5 Å². The Balaban J connectivity index is 1.59. The van der Waals surface area contributed by atoms with Gasteiger partial charge in [-0.25, -0.2) is 9.97 Å². The summed E-state index contributed by atoms with van der Waals surface area (Å²) in [4.78, 5) is 8.65. The molecule has 0 amide bonds. The van der Waals surface area contributed by atoms with Crippen molar-refractivity contribution in [1.29, 1.82) is 10.5 Å². The summed E-state index contributed by atoms with van der Waals surface area (Å²) in [6.45, 7) is 0. The summed E-state index contributed by atoms with van der Waals surface area (Å²) in [6.07, 6.45) is 0.536. The average Bonchev–Trinajstić information content (AvgIpc) is 2.88. The van der Waals surface area contributed by atoms with E-state index in [1.54, 1.807) is 61.8 Å². The van der Waals surface area contributed by atoms with Gasteiger partial charge >= 0.3 is 0 Å². The van der Waals surface area contributed by atoms with Crippen LogP contribution in [0.4, 0.5) is 11.6 Å². The van der Waals surface area contributed by atoms with Crippen LogP contribution in [0.25, 0.3) is 11.1 Å². The number of nitrogens with one attached hydrogen (secondary N) is 1. The lowest BCUT2D eigenvalue weighted by Gasteiger charge is -2.16. The van der Waals surface area contributed by atoms with Crippen molar-refractivity contribution in [2.24, 2.45) is 0 Å². The van der Waals surface area contributed by atoms with E-state index in [0.717, 1.165) is 16.8 Å². The predicted molar refractivity (Wildman–Crippen MR) is 124 cm³/mol. The van der Waals surface area contributed by atoms with Crippen LogP contribution >= 0.6 is 0 Å². The number of rotatable bonds is 6. The van der Waals surface area contributed by atoms with Crippen molar-refractivity contribution in [3.05, 3.63) is 101 Å². The molecule has 0 unspecified atom stereocenters. The van der Waals surface area contributed by atoms with E-state index in [4.69, 9.17) is 15.3 Å². The van der Waals surface area contributed by atoms with E-state index >= 15 is 0 Å². The summed E-state index contributed by atoms with van der Waals surface area (Å²) in [5.74, 6) is 0.842. The first-order valence-electron chi connectivity index (χ1n) is 10.1. The number of methoxy groups -OCH3 is 1. The number of aromatic nitrogens is 2. The highest BCUT2D eigenvalue weighted by Crippen LogP contribution is 2.33. The Morgan fingerprint density at radius 1 is 0.879 bits per heavy atom. The minimum absolute atomic E-state index is 0.324. The average molecular weight is 433 g/mol. The first-order valence-corrected chi connectivity index (χ1v) is 10.1. The van der Waals surface area contributed by atoms with Crippen molar-refractivity contribution < 1.29 is 9.84 Å². The maximum Gasteiger partial charge on any atom is 0.227 e. The highest BCUT2D eigenvalue weighted by molar-refractivity contribution is 5.67. The smallest absolute Gasteiger partial charge is 0.227 e. The van der Waals surface area contributed by atoms with Crippen LogP contribution in [-0.2, 0) is 0 Å². The van der Waals surface area contributed by atoms with Crippen molar-refractivity contribution in [1.82, 2.24) is 9.97 Å². The second-order valence-corrected chi connectivity index (χ2v) is 7.17. The van der Waals surface area contributed by atoms with Gasteiger partial charge in [0.2, 0.25) is 5.95 Å². The molecule has 0 aliphatic rings. The molecule has 0 bridgehead atoms. The molecule has 33 heavy (non-hydrogen) atoms. The second kappa shape index (κ2) is 9.61. The zero-order valence-corrected chi connectivity index (χ0v) is 17.7. The maximum absolute atomic E-state index is 11.0. The van der Waals surface area contributed by atoms with Gasteiger partial charge in [-0.05, 0) is 59.7 Å². The summed E-state index contributed by atoms with van der Waals surface area (Å²) in [5, 5.41) is 32.0. The van der Waals surface area contributed by atoms with Crippen molar-refractivity contribution in [2.75, 3.05) is 12.4 Å². The Bertz CT molecular complexity index is 1350. The van der Waals surface area contributed by atoms with E-state index in [-0.39, 0.29) is 0 Å². The van der Waals surface area contributed by atoms with Crippen molar-refractivity contribution >= 4 is 11.6 Å². The van der Waals surface area contributed by atoms with Crippen LogP contribution in [0.15, 0.2) is 79.0 Å². The minimum Gasteiger partial charge on any atom is -0.496 e. The number of aliphatic hydroxyl groups excluding tert-OH is 1. The highest BCUT2D eigenvalue weighted by Gasteiger charge is 2.18. The third kappa shape index (κ3) is 4.80. The van der Waals surface area contributed by atoms with Crippen molar-refractivity contribution in [3.8, 4) is 29.0 Å². The molecular weight excluding hydrogens is 414 g/mol. The van der Waals surface area contributed by atoms with Gasteiger partial charge in [-0.3, -0.25) is 0 Å². The van der Waals surface area contributed by atoms with E-state index < -0.39 is 6.10 Å². The van der Waals surface area contributed by atoms with Gasteiger partial charge in [0.15, 0.2) is 0 Å². The third-order valence-corrected chi connectivity index (χ3v) is 5.10. The lowest BCUT2D eigenvalue weighted by molar-refractivity contribution is 0.210. The number of anilines is 2. The van der Waals surface area contributed by atoms with Gasteiger partial charge in [-0.15, -0.1) is 0 Å². The predicted octanol–water partition coefficient (Wildman–Crippen LogP) is 4.72. The quantitative estimate of drug-likeness (QED) is 0.452. The first kappa shape index (κ1) is 21.5. The lowest BCUT2D eigenvalue weighted by atomic mass is 9.98. The van der Waals surface area contributed by atoms with Crippen molar-refractivity contribution in [3.63, 3.8) is 0 Å². The number of hydrogen-bond donors (Lipinski definition) is 2.